The average Bonchev–Trinajstić information content (AvgIpc) is 2.53. The average molecular weight is 347 g/mol. The quantitative estimate of drug-likeness (QED) is 0.570. The van der Waals surface area contributed by atoms with Crippen LogP contribution in [0.5, 0.6) is 0 Å². The molecule has 0 spiro atoms. The standard InChI is InChI=1S/C19H26FN3O2/c1-12(19(3,4)5)11-16(13(2)17(24)21-6)23-18(25)22-15-9-7-14(20)8-10-15/h7-11H,1-6H3,(H,21,24)(H2,22,23,25)/b12-11+,16-13-. The number of allylic oxidation sites excluding steroid dienone is 2. The molecule has 1 aromatic rings. The molecule has 0 heterocycles. The minimum absolute atomic E-state index is 0.108. The summed E-state index contributed by atoms with van der Waals surface area (Å²) in [5.74, 6) is -0.666. The van der Waals surface area contributed by atoms with E-state index in [9.17, 15) is 14.0 Å². The summed E-state index contributed by atoms with van der Waals surface area (Å²) >= 11 is 0. The van der Waals surface area contributed by atoms with Crippen molar-refractivity contribution in [2.75, 3.05) is 12.4 Å². The molecule has 0 unspecified atom stereocenters. The predicted octanol–water partition coefficient (Wildman–Crippen LogP) is 3.96. The number of anilines is 1. The van der Waals surface area contributed by atoms with Crippen LogP contribution in [0.4, 0.5) is 14.9 Å². The Morgan fingerprint density at radius 3 is 2.12 bits per heavy atom. The topological polar surface area (TPSA) is 70.2 Å². The molecule has 0 bridgehead atoms. The van der Waals surface area contributed by atoms with Gasteiger partial charge in [-0.2, -0.15) is 0 Å². The van der Waals surface area contributed by atoms with E-state index < -0.39 is 6.03 Å². The van der Waals surface area contributed by atoms with Crippen LogP contribution in [0.25, 0.3) is 0 Å². The SMILES string of the molecule is CNC(=O)/C(C)=C(/C=C(\C)C(C)(C)C)NC(=O)Nc1ccc(F)cc1. The van der Waals surface area contributed by atoms with Crippen LogP contribution in [0.15, 0.2) is 47.2 Å². The van der Waals surface area contributed by atoms with Crippen molar-refractivity contribution >= 4 is 17.6 Å². The predicted molar refractivity (Wildman–Crippen MR) is 98.5 cm³/mol. The van der Waals surface area contributed by atoms with Crippen molar-refractivity contribution in [2.24, 2.45) is 5.41 Å². The van der Waals surface area contributed by atoms with Gasteiger partial charge in [-0.05, 0) is 49.6 Å². The Balaban J connectivity index is 3.06. The zero-order valence-corrected chi connectivity index (χ0v) is 15.6. The fourth-order valence-electron chi connectivity index (χ4n) is 1.80. The van der Waals surface area contributed by atoms with E-state index in [0.717, 1.165) is 5.57 Å². The van der Waals surface area contributed by atoms with Gasteiger partial charge in [0.05, 0.1) is 5.70 Å². The number of hydrogen-bond acceptors (Lipinski definition) is 2. The first-order valence-corrected chi connectivity index (χ1v) is 8.00. The van der Waals surface area contributed by atoms with E-state index in [-0.39, 0.29) is 17.1 Å². The maximum Gasteiger partial charge on any atom is 0.323 e. The Morgan fingerprint density at radius 1 is 1.08 bits per heavy atom. The molecule has 0 saturated heterocycles. The summed E-state index contributed by atoms with van der Waals surface area (Å²) in [6.07, 6.45) is 1.79. The van der Waals surface area contributed by atoms with Gasteiger partial charge < -0.3 is 16.0 Å². The lowest BCUT2D eigenvalue weighted by Crippen LogP contribution is -2.31. The molecule has 0 atom stereocenters. The highest BCUT2D eigenvalue weighted by Gasteiger charge is 2.16. The highest BCUT2D eigenvalue weighted by atomic mass is 19.1. The molecule has 136 valence electrons. The van der Waals surface area contributed by atoms with E-state index in [4.69, 9.17) is 0 Å². The monoisotopic (exact) mass is 347 g/mol. The van der Waals surface area contributed by atoms with Gasteiger partial charge in [-0.25, -0.2) is 9.18 Å². The second kappa shape index (κ2) is 8.46. The van der Waals surface area contributed by atoms with E-state index in [1.807, 2.05) is 27.7 Å². The number of carbonyl (C=O) groups excluding carboxylic acids is 2. The number of amides is 3. The highest BCUT2D eigenvalue weighted by Crippen LogP contribution is 2.25. The third-order valence-corrected chi connectivity index (χ3v) is 3.87. The number of nitrogens with one attached hydrogen (secondary N) is 3. The molecule has 0 saturated carbocycles. The maximum atomic E-state index is 12.9. The number of urea groups is 1. The van der Waals surface area contributed by atoms with E-state index in [0.29, 0.717) is 17.0 Å². The highest BCUT2D eigenvalue weighted by molar-refractivity contribution is 5.96. The molecule has 25 heavy (non-hydrogen) atoms. The van der Waals surface area contributed by atoms with Crippen molar-refractivity contribution in [2.45, 2.75) is 34.6 Å². The third-order valence-electron chi connectivity index (χ3n) is 3.87. The molecule has 0 aliphatic carbocycles. The summed E-state index contributed by atoms with van der Waals surface area (Å²) in [6.45, 7) is 9.72. The lowest BCUT2D eigenvalue weighted by atomic mass is 9.87. The molecular formula is C19H26FN3O2. The Labute approximate surface area is 148 Å². The molecular weight excluding hydrogens is 321 g/mol. The Morgan fingerprint density at radius 2 is 1.64 bits per heavy atom. The van der Waals surface area contributed by atoms with Crippen LogP contribution in [0.1, 0.15) is 34.6 Å². The van der Waals surface area contributed by atoms with Gasteiger partial charge >= 0.3 is 6.03 Å². The van der Waals surface area contributed by atoms with Gasteiger partial charge in [-0.15, -0.1) is 0 Å². The van der Waals surface area contributed by atoms with Crippen LogP contribution in [0, 0.1) is 11.2 Å². The van der Waals surface area contributed by atoms with Crippen molar-refractivity contribution in [3.63, 3.8) is 0 Å². The summed E-state index contributed by atoms with van der Waals surface area (Å²) in [7, 11) is 1.53. The summed E-state index contributed by atoms with van der Waals surface area (Å²) in [5.41, 5.74) is 2.15. The summed E-state index contributed by atoms with van der Waals surface area (Å²) < 4.78 is 12.9. The van der Waals surface area contributed by atoms with Gasteiger partial charge in [-0.3, -0.25) is 4.79 Å². The first-order valence-electron chi connectivity index (χ1n) is 8.00. The van der Waals surface area contributed by atoms with Gasteiger partial charge in [0.2, 0.25) is 5.91 Å². The first kappa shape index (κ1) is 20.4. The normalized spacial score (nSPS) is 13.0. The smallest absolute Gasteiger partial charge is 0.323 e. The maximum absolute atomic E-state index is 12.9. The zero-order chi connectivity index (χ0) is 19.2. The minimum Gasteiger partial charge on any atom is -0.355 e. The first-order chi connectivity index (χ1) is 11.5. The Bertz CT molecular complexity index is 698. The number of carbonyl (C=O) groups is 2. The molecule has 6 heteroatoms. The van der Waals surface area contributed by atoms with E-state index in [2.05, 4.69) is 16.0 Å². The van der Waals surface area contributed by atoms with Crippen LogP contribution < -0.4 is 16.0 Å². The summed E-state index contributed by atoms with van der Waals surface area (Å²) in [5, 5.41) is 7.86. The van der Waals surface area contributed by atoms with Gasteiger partial charge in [0.1, 0.15) is 5.82 Å². The molecule has 0 radical (unpaired) electrons. The summed E-state index contributed by atoms with van der Waals surface area (Å²) in [6, 6.07) is 4.92. The van der Waals surface area contributed by atoms with Crippen LogP contribution in [0.3, 0.4) is 0 Å². The Hall–Kier alpha value is -2.63. The molecule has 1 rings (SSSR count). The molecule has 5 nitrogen and oxygen atoms in total. The number of hydrogen-bond donors (Lipinski definition) is 3. The number of likely N-dealkylation sites (N-methyl/N-ethyl adjacent to an activating group) is 1. The van der Waals surface area contributed by atoms with Crippen LogP contribution >= 0.6 is 0 Å². The lowest BCUT2D eigenvalue weighted by molar-refractivity contribution is -0.117. The molecule has 0 aliphatic heterocycles. The largest absolute Gasteiger partial charge is 0.355 e. The fraction of sp³-hybridized carbons (Fsp3) is 0.368. The van der Waals surface area contributed by atoms with Crippen LogP contribution in [0.2, 0.25) is 0 Å². The van der Waals surface area contributed by atoms with Crippen molar-refractivity contribution in [3.8, 4) is 0 Å². The van der Waals surface area contributed by atoms with Crippen molar-refractivity contribution < 1.29 is 14.0 Å². The number of rotatable bonds is 4. The molecule has 0 aromatic heterocycles. The van der Waals surface area contributed by atoms with E-state index in [1.54, 1.807) is 13.0 Å². The van der Waals surface area contributed by atoms with Crippen molar-refractivity contribution in [1.29, 1.82) is 0 Å². The van der Waals surface area contributed by atoms with Gasteiger partial charge in [0, 0.05) is 18.3 Å². The van der Waals surface area contributed by atoms with Gasteiger partial charge in [0.15, 0.2) is 0 Å². The van der Waals surface area contributed by atoms with E-state index in [1.165, 1.54) is 31.3 Å². The molecule has 3 amide bonds. The van der Waals surface area contributed by atoms with E-state index >= 15 is 0 Å². The number of halogens is 1. The second-order valence-corrected chi connectivity index (χ2v) is 6.78. The summed E-state index contributed by atoms with van der Waals surface area (Å²) in [4.78, 5) is 24.2. The molecule has 3 N–H and O–H groups in total. The second-order valence-electron chi connectivity index (χ2n) is 6.78. The molecule has 0 fully saturated rings. The van der Waals surface area contributed by atoms with Gasteiger partial charge in [-0.1, -0.05) is 26.3 Å². The van der Waals surface area contributed by atoms with Crippen molar-refractivity contribution in [3.05, 3.63) is 53.0 Å². The molecule has 1 aromatic carbocycles. The third kappa shape index (κ3) is 6.41. The number of benzene rings is 1. The van der Waals surface area contributed by atoms with Crippen molar-refractivity contribution in [1.82, 2.24) is 10.6 Å². The van der Waals surface area contributed by atoms with Crippen LogP contribution in [-0.2, 0) is 4.79 Å². The molecule has 0 aliphatic rings. The minimum atomic E-state index is -0.511. The van der Waals surface area contributed by atoms with Crippen LogP contribution in [-0.4, -0.2) is 19.0 Å². The zero-order valence-electron chi connectivity index (χ0n) is 15.6. The lowest BCUT2D eigenvalue weighted by Gasteiger charge is -2.21. The Kier molecular flexibility index (Phi) is 6.91. The van der Waals surface area contributed by atoms with Gasteiger partial charge in [0.25, 0.3) is 0 Å². The fourth-order valence-corrected chi connectivity index (χ4v) is 1.80.